The highest BCUT2D eigenvalue weighted by Crippen LogP contribution is 2.30. The van der Waals surface area contributed by atoms with Crippen LogP contribution in [0, 0.1) is 0 Å². The van der Waals surface area contributed by atoms with E-state index in [9.17, 15) is 22.8 Å². The third-order valence-corrected chi connectivity index (χ3v) is 3.37. The van der Waals surface area contributed by atoms with Crippen molar-refractivity contribution in [3.63, 3.8) is 0 Å². The second-order valence-electron chi connectivity index (χ2n) is 4.81. The van der Waals surface area contributed by atoms with Crippen LogP contribution in [0.3, 0.4) is 0 Å². The Morgan fingerprint density at radius 3 is 2.48 bits per heavy atom. The van der Waals surface area contributed by atoms with Gasteiger partial charge in [0.25, 0.3) is 11.8 Å². The van der Waals surface area contributed by atoms with Crippen molar-refractivity contribution >= 4 is 27.7 Å². The molecule has 0 unspecified atom stereocenters. The fourth-order valence-electron chi connectivity index (χ4n) is 1.77. The molecule has 0 saturated carbocycles. The molecule has 0 aliphatic carbocycles. The molecule has 0 fully saturated rings. The Bertz CT molecular complexity index is 775. The predicted octanol–water partition coefficient (Wildman–Crippen LogP) is 2.04. The molecule has 0 atom stereocenters. The van der Waals surface area contributed by atoms with Gasteiger partial charge in [0.2, 0.25) is 0 Å². The highest BCUT2D eigenvalue weighted by Gasteiger charge is 2.39. The van der Waals surface area contributed by atoms with Gasteiger partial charge in [-0.2, -0.15) is 18.3 Å². The number of carbonyl (C=O) groups excluding carboxylic acids is 2. The number of carbonyl (C=O) groups is 2. The predicted molar refractivity (Wildman–Crippen MR) is 83.5 cm³/mol. The second kappa shape index (κ2) is 7.55. The lowest BCUT2D eigenvalue weighted by Gasteiger charge is -2.09. The summed E-state index contributed by atoms with van der Waals surface area (Å²) < 4.78 is 45.2. The van der Waals surface area contributed by atoms with E-state index in [1.807, 2.05) is 10.9 Å². The standard InChI is InChI=1S/C14H12BrF3N4O3/c1-22-6-10(12(21-22)14(16,17)18)13(24)20-19-11(23)7-25-9-4-2-8(15)3-5-9/h2-6H,7H2,1H3,(H,19,23)(H,20,24). The first-order valence-electron chi connectivity index (χ1n) is 6.75. The highest BCUT2D eigenvalue weighted by molar-refractivity contribution is 9.10. The first-order chi connectivity index (χ1) is 11.7. The van der Waals surface area contributed by atoms with Crippen molar-refractivity contribution in [1.29, 1.82) is 0 Å². The summed E-state index contributed by atoms with van der Waals surface area (Å²) in [5.74, 6) is -1.47. The van der Waals surface area contributed by atoms with Crippen molar-refractivity contribution in [3.8, 4) is 5.75 Å². The lowest BCUT2D eigenvalue weighted by Crippen LogP contribution is -2.44. The van der Waals surface area contributed by atoms with Crippen molar-refractivity contribution in [2.45, 2.75) is 6.18 Å². The van der Waals surface area contributed by atoms with Crippen molar-refractivity contribution in [1.82, 2.24) is 20.6 Å². The van der Waals surface area contributed by atoms with Crippen molar-refractivity contribution in [2.75, 3.05) is 6.61 Å². The smallest absolute Gasteiger partial charge is 0.435 e. The van der Waals surface area contributed by atoms with Crippen LogP contribution in [-0.2, 0) is 18.0 Å². The van der Waals surface area contributed by atoms with E-state index in [1.165, 1.54) is 7.05 Å². The Hall–Kier alpha value is -2.56. The molecule has 25 heavy (non-hydrogen) atoms. The molecule has 0 bridgehead atoms. The Morgan fingerprint density at radius 2 is 1.88 bits per heavy atom. The fourth-order valence-corrected chi connectivity index (χ4v) is 2.04. The van der Waals surface area contributed by atoms with Crippen molar-refractivity contribution < 1.29 is 27.5 Å². The molecule has 7 nitrogen and oxygen atoms in total. The SMILES string of the molecule is Cn1cc(C(=O)NNC(=O)COc2ccc(Br)cc2)c(C(F)(F)F)n1. The maximum Gasteiger partial charge on any atom is 0.435 e. The Morgan fingerprint density at radius 1 is 1.24 bits per heavy atom. The number of nitrogens with one attached hydrogen (secondary N) is 2. The van der Waals surface area contributed by atoms with E-state index >= 15 is 0 Å². The van der Waals surface area contributed by atoms with E-state index in [4.69, 9.17) is 4.74 Å². The minimum absolute atomic E-state index is 0.413. The first-order valence-corrected chi connectivity index (χ1v) is 7.54. The van der Waals surface area contributed by atoms with Crippen LogP contribution >= 0.6 is 15.9 Å². The summed E-state index contributed by atoms with van der Waals surface area (Å²) >= 11 is 3.24. The van der Waals surface area contributed by atoms with Gasteiger partial charge in [0.05, 0.1) is 5.56 Å². The number of benzene rings is 1. The summed E-state index contributed by atoms with van der Waals surface area (Å²) in [6, 6.07) is 6.63. The summed E-state index contributed by atoms with van der Waals surface area (Å²) in [4.78, 5) is 23.4. The van der Waals surface area contributed by atoms with Gasteiger partial charge in [0.15, 0.2) is 12.3 Å². The average Bonchev–Trinajstić information content (AvgIpc) is 2.94. The summed E-state index contributed by atoms with van der Waals surface area (Å²) in [5.41, 5.74) is 1.82. The molecule has 0 aliphatic rings. The zero-order chi connectivity index (χ0) is 18.6. The molecule has 2 N–H and O–H groups in total. The number of nitrogens with zero attached hydrogens (tertiary/aromatic N) is 2. The summed E-state index contributed by atoms with van der Waals surface area (Å²) in [5, 5.41) is 3.20. The molecule has 11 heteroatoms. The van der Waals surface area contributed by atoms with Gasteiger partial charge in [-0.1, -0.05) is 15.9 Å². The van der Waals surface area contributed by atoms with Crippen LogP contribution in [0.4, 0.5) is 13.2 Å². The number of aryl methyl sites for hydroxylation is 1. The number of alkyl halides is 3. The summed E-state index contributed by atoms with van der Waals surface area (Å²) in [6.45, 7) is -0.429. The third-order valence-electron chi connectivity index (χ3n) is 2.84. The topological polar surface area (TPSA) is 85.2 Å². The Kier molecular flexibility index (Phi) is 5.67. The summed E-state index contributed by atoms with van der Waals surface area (Å²) in [6.07, 6.45) is -3.88. The Balaban J connectivity index is 1.89. The number of hydrazine groups is 1. The molecular weight excluding hydrogens is 409 g/mol. The van der Waals surface area contributed by atoms with Gasteiger partial charge in [0.1, 0.15) is 5.75 Å². The number of rotatable bonds is 4. The average molecular weight is 421 g/mol. The molecule has 134 valence electrons. The van der Waals surface area contributed by atoms with Gasteiger partial charge in [-0.05, 0) is 24.3 Å². The lowest BCUT2D eigenvalue weighted by atomic mass is 10.2. The molecule has 2 amide bonds. The van der Waals surface area contributed by atoms with Crippen LogP contribution in [0.1, 0.15) is 16.1 Å². The molecule has 2 rings (SSSR count). The molecule has 2 aromatic rings. The van der Waals surface area contributed by atoms with E-state index in [0.29, 0.717) is 5.75 Å². The minimum atomic E-state index is -4.79. The second-order valence-corrected chi connectivity index (χ2v) is 5.72. The molecule has 0 aliphatic heterocycles. The van der Waals surface area contributed by atoms with Crippen LogP contribution in [0.25, 0.3) is 0 Å². The van der Waals surface area contributed by atoms with Crippen LogP contribution in [0.2, 0.25) is 0 Å². The molecule has 0 spiro atoms. The zero-order valence-electron chi connectivity index (χ0n) is 12.7. The molecular formula is C14H12BrF3N4O3. The zero-order valence-corrected chi connectivity index (χ0v) is 14.3. The third kappa shape index (κ3) is 5.21. The monoisotopic (exact) mass is 420 g/mol. The van der Waals surface area contributed by atoms with E-state index in [1.54, 1.807) is 24.3 Å². The van der Waals surface area contributed by atoms with Gasteiger partial charge in [-0.25, -0.2) is 0 Å². The van der Waals surface area contributed by atoms with E-state index in [0.717, 1.165) is 15.4 Å². The maximum atomic E-state index is 12.8. The number of amides is 2. The molecule has 0 radical (unpaired) electrons. The van der Waals surface area contributed by atoms with Crippen LogP contribution in [0.15, 0.2) is 34.9 Å². The van der Waals surface area contributed by atoms with Crippen LogP contribution in [0.5, 0.6) is 5.75 Å². The lowest BCUT2D eigenvalue weighted by molar-refractivity contribution is -0.141. The van der Waals surface area contributed by atoms with Crippen molar-refractivity contribution in [3.05, 3.63) is 46.2 Å². The highest BCUT2D eigenvalue weighted by atomic mass is 79.9. The maximum absolute atomic E-state index is 12.8. The molecule has 0 saturated heterocycles. The quantitative estimate of drug-likeness (QED) is 0.741. The van der Waals surface area contributed by atoms with Gasteiger partial charge >= 0.3 is 6.18 Å². The first kappa shape index (κ1) is 18.8. The van der Waals surface area contributed by atoms with Gasteiger partial charge in [0, 0.05) is 17.7 Å². The van der Waals surface area contributed by atoms with Gasteiger partial charge < -0.3 is 4.74 Å². The number of halogens is 4. The number of hydrogen-bond donors (Lipinski definition) is 2. The normalized spacial score (nSPS) is 11.1. The number of ether oxygens (including phenoxy) is 1. The number of aromatic nitrogens is 2. The van der Waals surface area contributed by atoms with E-state index < -0.39 is 35.9 Å². The minimum Gasteiger partial charge on any atom is -0.484 e. The largest absolute Gasteiger partial charge is 0.484 e. The van der Waals surface area contributed by atoms with Crippen molar-refractivity contribution in [2.24, 2.45) is 7.05 Å². The molecule has 1 aromatic carbocycles. The molecule has 1 heterocycles. The number of hydrogen-bond acceptors (Lipinski definition) is 4. The molecule has 1 aromatic heterocycles. The summed E-state index contributed by atoms with van der Waals surface area (Å²) in [7, 11) is 1.25. The van der Waals surface area contributed by atoms with E-state index in [-0.39, 0.29) is 0 Å². The Labute approximate surface area is 148 Å². The van der Waals surface area contributed by atoms with Gasteiger partial charge in [-0.15, -0.1) is 0 Å². The van der Waals surface area contributed by atoms with Crippen LogP contribution < -0.4 is 15.6 Å². The van der Waals surface area contributed by atoms with Crippen LogP contribution in [-0.4, -0.2) is 28.2 Å². The van der Waals surface area contributed by atoms with Gasteiger partial charge in [-0.3, -0.25) is 25.1 Å². The van der Waals surface area contributed by atoms with E-state index in [2.05, 4.69) is 21.0 Å². The fraction of sp³-hybridized carbons (Fsp3) is 0.214.